The van der Waals surface area contributed by atoms with Crippen LogP contribution in [-0.2, 0) is 6.54 Å². The van der Waals surface area contributed by atoms with Crippen molar-refractivity contribution < 1.29 is 0 Å². The zero-order valence-electron chi connectivity index (χ0n) is 11.4. The first-order valence-electron chi connectivity index (χ1n) is 6.55. The van der Waals surface area contributed by atoms with Gasteiger partial charge in [-0.2, -0.15) is 5.10 Å². The lowest BCUT2D eigenvalue weighted by Gasteiger charge is -2.11. The minimum atomic E-state index is 0.389. The quantitative estimate of drug-likeness (QED) is 0.873. The molecular formula is C15H21N3. The Bertz CT molecular complexity index is 485. The van der Waals surface area contributed by atoms with Crippen molar-refractivity contribution in [2.75, 3.05) is 7.05 Å². The smallest absolute Gasteiger partial charge is 0.0682 e. The molecule has 0 aliphatic carbocycles. The summed E-state index contributed by atoms with van der Waals surface area (Å²) >= 11 is 0. The molecule has 96 valence electrons. The standard InChI is InChI=1S/C15H21N3/c1-4-11-18-15(9-10-17-18)14-7-5-13(6-8-14)12(2)16-3/h5-10,12,16H,4,11H2,1-3H3. The van der Waals surface area contributed by atoms with Crippen molar-refractivity contribution in [3.05, 3.63) is 42.1 Å². The summed E-state index contributed by atoms with van der Waals surface area (Å²) in [6.07, 6.45) is 2.97. The van der Waals surface area contributed by atoms with E-state index in [1.165, 1.54) is 16.8 Å². The van der Waals surface area contributed by atoms with Gasteiger partial charge in [-0.3, -0.25) is 4.68 Å². The molecule has 0 saturated heterocycles. The molecule has 0 saturated carbocycles. The fourth-order valence-corrected chi connectivity index (χ4v) is 2.08. The third-order valence-electron chi connectivity index (χ3n) is 3.29. The van der Waals surface area contributed by atoms with Crippen molar-refractivity contribution in [3.8, 4) is 11.3 Å². The van der Waals surface area contributed by atoms with Gasteiger partial charge in [0.2, 0.25) is 0 Å². The number of hydrogen-bond donors (Lipinski definition) is 1. The Kier molecular flexibility index (Phi) is 4.15. The van der Waals surface area contributed by atoms with Crippen LogP contribution in [0, 0.1) is 0 Å². The van der Waals surface area contributed by atoms with Crippen LogP contribution in [-0.4, -0.2) is 16.8 Å². The Morgan fingerprint density at radius 1 is 1.22 bits per heavy atom. The van der Waals surface area contributed by atoms with Gasteiger partial charge in [-0.05, 0) is 37.6 Å². The van der Waals surface area contributed by atoms with Gasteiger partial charge in [-0.25, -0.2) is 0 Å². The average Bonchev–Trinajstić information content (AvgIpc) is 2.87. The molecule has 0 bridgehead atoms. The zero-order valence-corrected chi connectivity index (χ0v) is 11.4. The van der Waals surface area contributed by atoms with Crippen molar-refractivity contribution in [2.45, 2.75) is 32.9 Å². The molecular weight excluding hydrogens is 222 g/mol. The molecule has 18 heavy (non-hydrogen) atoms. The summed E-state index contributed by atoms with van der Waals surface area (Å²) in [6.45, 7) is 5.30. The first-order valence-corrected chi connectivity index (χ1v) is 6.55. The monoisotopic (exact) mass is 243 g/mol. The van der Waals surface area contributed by atoms with E-state index in [1.807, 2.05) is 13.2 Å². The summed E-state index contributed by atoms with van der Waals surface area (Å²) in [5.41, 5.74) is 3.73. The van der Waals surface area contributed by atoms with E-state index >= 15 is 0 Å². The molecule has 0 radical (unpaired) electrons. The lowest BCUT2D eigenvalue weighted by atomic mass is 10.0. The summed E-state index contributed by atoms with van der Waals surface area (Å²) < 4.78 is 2.07. The van der Waals surface area contributed by atoms with Crippen LogP contribution in [0.15, 0.2) is 36.5 Å². The highest BCUT2D eigenvalue weighted by atomic mass is 15.3. The second-order valence-electron chi connectivity index (χ2n) is 4.57. The van der Waals surface area contributed by atoms with Gasteiger partial charge >= 0.3 is 0 Å². The lowest BCUT2D eigenvalue weighted by Crippen LogP contribution is -2.11. The predicted octanol–water partition coefficient (Wildman–Crippen LogP) is 3.24. The first-order chi connectivity index (χ1) is 8.76. The number of aromatic nitrogens is 2. The van der Waals surface area contributed by atoms with E-state index in [9.17, 15) is 0 Å². The second kappa shape index (κ2) is 5.83. The predicted molar refractivity (Wildman–Crippen MR) is 75.4 cm³/mol. The average molecular weight is 243 g/mol. The number of rotatable bonds is 5. The molecule has 1 aromatic carbocycles. The third-order valence-corrected chi connectivity index (χ3v) is 3.29. The molecule has 1 atom stereocenters. The molecule has 1 heterocycles. The van der Waals surface area contributed by atoms with Gasteiger partial charge < -0.3 is 5.32 Å². The first kappa shape index (κ1) is 12.8. The molecule has 3 heteroatoms. The Morgan fingerprint density at radius 2 is 1.94 bits per heavy atom. The van der Waals surface area contributed by atoms with E-state index in [4.69, 9.17) is 0 Å². The van der Waals surface area contributed by atoms with Gasteiger partial charge in [0.25, 0.3) is 0 Å². The topological polar surface area (TPSA) is 29.9 Å². The van der Waals surface area contributed by atoms with E-state index < -0.39 is 0 Å². The van der Waals surface area contributed by atoms with Crippen LogP contribution in [0.1, 0.15) is 31.9 Å². The molecule has 0 fully saturated rings. The van der Waals surface area contributed by atoms with Crippen LogP contribution in [0.3, 0.4) is 0 Å². The molecule has 3 nitrogen and oxygen atoms in total. The normalized spacial score (nSPS) is 12.6. The maximum absolute atomic E-state index is 4.36. The number of aryl methyl sites for hydroxylation is 1. The van der Waals surface area contributed by atoms with Crippen LogP contribution < -0.4 is 5.32 Å². The number of hydrogen-bond acceptors (Lipinski definition) is 2. The molecule has 0 amide bonds. The molecule has 0 aliphatic heterocycles. The van der Waals surface area contributed by atoms with E-state index in [0.717, 1.165) is 13.0 Å². The SMILES string of the molecule is CCCn1nccc1-c1ccc(C(C)NC)cc1. The maximum atomic E-state index is 4.36. The van der Waals surface area contributed by atoms with Crippen LogP contribution in [0.2, 0.25) is 0 Å². The van der Waals surface area contributed by atoms with Crippen molar-refractivity contribution in [3.63, 3.8) is 0 Å². The fourth-order valence-electron chi connectivity index (χ4n) is 2.08. The Labute approximate surface area is 109 Å². The van der Waals surface area contributed by atoms with Gasteiger partial charge in [-0.1, -0.05) is 31.2 Å². The molecule has 2 rings (SSSR count). The van der Waals surface area contributed by atoms with E-state index in [-0.39, 0.29) is 0 Å². The second-order valence-corrected chi connectivity index (χ2v) is 4.57. The van der Waals surface area contributed by atoms with Crippen molar-refractivity contribution in [1.82, 2.24) is 15.1 Å². The zero-order chi connectivity index (χ0) is 13.0. The number of benzene rings is 1. The van der Waals surface area contributed by atoms with Gasteiger partial charge in [0.1, 0.15) is 0 Å². The number of nitrogens with zero attached hydrogens (tertiary/aromatic N) is 2. The minimum Gasteiger partial charge on any atom is -0.313 e. The van der Waals surface area contributed by atoms with Crippen LogP contribution in [0.5, 0.6) is 0 Å². The van der Waals surface area contributed by atoms with E-state index in [1.54, 1.807) is 0 Å². The van der Waals surface area contributed by atoms with Gasteiger partial charge in [0, 0.05) is 18.8 Å². The largest absolute Gasteiger partial charge is 0.313 e. The van der Waals surface area contributed by atoms with Crippen LogP contribution in [0.4, 0.5) is 0 Å². The molecule has 1 N–H and O–H groups in total. The highest BCUT2D eigenvalue weighted by Gasteiger charge is 2.06. The van der Waals surface area contributed by atoms with E-state index in [2.05, 4.69) is 59.3 Å². The molecule has 2 aromatic rings. The minimum absolute atomic E-state index is 0.389. The summed E-state index contributed by atoms with van der Waals surface area (Å²) in [7, 11) is 1.98. The third kappa shape index (κ3) is 2.62. The Morgan fingerprint density at radius 3 is 2.56 bits per heavy atom. The van der Waals surface area contributed by atoms with E-state index in [0.29, 0.717) is 6.04 Å². The Hall–Kier alpha value is -1.61. The lowest BCUT2D eigenvalue weighted by molar-refractivity contribution is 0.609. The van der Waals surface area contributed by atoms with Crippen molar-refractivity contribution >= 4 is 0 Å². The summed E-state index contributed by atoms with van der Waals surface area (Å²) in [6, 6.07) is 11.2. The molecule has 1 unspecified atom stereocenters. The highest BCUT2D eigenvalue weighted by Crippen LogP contribution is 2.21. The molecule has 0 aliphatic rings. The maximum Gasteiger partial charge on any atom is 0.0682 e. The van der Waals surface area contributed by atoms with Crippen molar-refractivity contribution in [2.24, 2.45) is 0 Å². The van der Waals surface area contributed by atoms with Crippen LogP contribution >= 0.6 is 0 Å². The highest BCUT2D eigenvalue weighted by molar-refractivity contribution is 5.59. The van der Waals surface area contributed by atoms with Crippen LogP contribution in [0.25, 0.3) is 11.3 Å². The van der Waals surface area contributed by atoms with Gasteiger partial charge in [0.15, 0.2) is 0 Å². The Balaban J connectivity index is 2.26. The summed E-state index contributed by atoms with van der Waals surface area (Å²) in [4.78, 5) is 0. The van der Waals surface area contributed by atoms with Crippen molar-refractivity contribution in [1.29, 1.82) is 0 Å². The van der Waals surface area contributed by atoms with Gasteiger partial charge in [0.05, 0.1) is 5.69 Å². The number of nitrogens with one attached hydrogen (secondary N) is 1. The fraction of sp³-hybridized carbons (Fsp3) is 0.400. The molecule has 1 aromatic heterocycles. The summed E-state index contributed by atoms with van der Waals surface area (Å²) in [5.74, 6) is 0. The molecule has 0 spiro atoms. The summed E-state index contributed by atoms with van der Waals surface area (Å²) in [5, 5.41) is 7.61. The van der Waals surface area contributed by atoms with Gasteiger partial charge in [-0.15, -0.1) is 0 Å².